The highest BCUT2D eigenvalue weighted by Crippen LogP contribution is 2.21. The number of nitrogens with zero attached hydrogens (tertiary/aromatic N) is 4. The monoisotopic (exact) mass is 196 g/mol. The Kier molecular flexibility index (Phi) is 2.37. The van der Waals surface area contributed by atoms with Crippen molar-refractivity contribution in [3.63, 3.8) is 0 Å². The molecule has 1 aliphatic heterocycles. The van der Waals surface area contributed by atoms with Gasteiger partial charge in [-0.2, -0.15) is 0 Å². The first-order valence-electron chi connectivity index (χ1n) is 4.91. The van der Waals surface area contributed by atoms with Gasteiger partial charge in [-0.25, -0.2) is 4.68 Å². The third kappa shape index (κ3) is 1.84. The molecule has 78 valence electrons. The molecule has 1 aliphatic rings. The zero-order chi connectivity index (χ0) is 10.0. The zero-order valence-electron chi connectivity index (χ0n) is 8.62. The first kappa shape index (κ1) is 9.39. The summed E-state index contributed by atoms with van der Waals surface area (Å²) in [5.41, 5.74) is 0.119. The largest absolute Gasteiger partial charge is 0.348 e. The van der Waals surface area contributed by atoms with E-state index in [0.717, 1.165) is 31.9 Å². The van der Waals surface area contributed by atoms with E-state index in [1.54, 1.807) is 4.68 Å². The van der Waals surface area contributed by atoms with Crippen LogP contribution in [-0.4, -0.2) is 38.8 Å². The second kappa shape index (κ2) is 3.53. The summed E-state index contributed by atoms with van der Waals surface area (Å²) in [6, 6.07) is 0. The fourth-order valence-corrected chi connectivity index (χ4v) is 1.71. The van der Waals surface area contributed by atoms with E-state index in [-0.39, 0.29) is 5.54 Å². The third-order valence-corrected chi connectivity index (χ3v) is 2.74. The highest BCUT2D eigenvalue weighted by Gasteiger charge is 2.27. The van der Waals surface area contributed by atoms with Gasteiger partial charge >= 0.3 is 0 Å². The molecule has 1 fully saturated rings. The van der Waals surface area contributed by atoms with E-state index in [9.17, 15) is 0 Å². The molecule has 0 spiro atoms. The molecule has 0 atom stereocenters. The summed E-state index contributed by atoms with van der Waals surface area (Å²) < 4.78 is 1.66. The maximum absolute atomic E-state index is 3.93. The Bertz CT molecular complexity index is 301. The summed E-state index contributed by atoms with van der Waals surface area (Å²) in [4.78, 5) is 0. The van der Waals surface area contributed by atoms with E-state index in [4.69, 9.17) is 0 Å². The lowest BCUT2D eigenvalue weighted by atomic mass is 9.91. The smallest absolute Gasteiger partial charge is 0.243 e. The number of anilines is 1. The molecule has 2 heterocycles. The summed E-state index contributed by atoms with van der Waals surface area (Å²) in [6.45, 7) is 4.31. The predicted molar refractivity (Wildman–Crippen MR) is 52.9 cm³/mol. The van der Waals surface area contributed by atoms with E-state index in [1.165, 1.54) is 0 Å². The maximum atomic E-state index is 3.93. The number of hydrogen-bond donors (Lipinski definition) is 2. The second-order valence-electron chi connectivity index (χ2n) is 4.06. The van der Waals surface area contributed by atoms with Gasteiger partial charge in [0.25, 0.3) is 0 Å². The molecule has 1 aromatic rings. The van der Waals surface area contributed by atoms with Crippen molar-refractivity contribution in [1.29, 1.82) is 0 Å². The number of aromatic nitrogens is 4. The van der Waals surface area contributed by atoms with E-state index in [2.05, 4.69) is 33.1 Å². The van der Waals surface area contributed by atoms with Crippen molar-refractivity contribution >= 4 is 5.95 Å². The minimum Gasteiger partial charge on any atom is -0.348 e. The highest BCUT2D eigenvalue weighted by molar-refractivity contribution is 5.27. The predicted octanol–water partition coefficient (Wildman–Crippen LogP) is -0.236. The van der Waals surface area contributed by atoms with Crippen LogP contribution in [0.5, 0.6) is 0 Å². The molecule has 0 bridgehead atoms. The number of aryl methyl sites for hydroxylation is 1. The van der Waals surface area contributed by atoms with Crippen molar-refractivity contribution in [3.8, 4) is 0 Å². The lowest BCUT2D eigenvalue weighted by molar-refractivity contribution is 0.362. The Balaban J connectivity index is 2.05. The van der Waals surface area contributed by atoms with Gasteiger partial charge in [-0.15, -0.1) is 0 Å². The molecular formula is C8H16N6. The molecular weight excluding hydrogens is 180 g/mol. The number of tetrazole rings is 1. The molecule has 0 aromatic carbocycles. The standard InChI is InChI=1S/C8H16N6/c1-8(3-5-9-6-4-8)10-7-11-12-13-14(7)2/h9H,3-6H2,1-2H3,(H,10,11,13). The molecule has 6 nitrogen and oxygen atoms in total. The minimum absolute atomic E-state index is 0.119. The van der Waals surface area contributed by atoms with Gasteiger partial charge in [0.1, 0.15) is 0 Å². The van der Waals surface area contributed by atoms with E-state index in [1.807, 2.05) is 7.05 Å². The first-order chi connectivity index (χ1) is 6.70. The number of piperidine rings is 1. The van der Waals surface area contributed by atoms with Gasteiger partial charge in [0.05, 0.1) is 0 Å². The van der Waals surface area contributed by atoms with Crippen molar-refractivity contribution in [1.82, 2.24) is 25.5 Å². The summed E-state index contributed by atoms with van der Waals surface area (Å²) in [7, 11) is 1.84. The molecule has 0 saturated carbocycles. The lowest BCUT2D eigenvalue weighted by Gasteiger charge is -2.34. The topological polar surface area (TPSA) is 67.7 Å². The van der Waals surface area contributed by atoms with E-state index in [0.29, 0.717) is 0 Å². The summed E-state index contributed by atoms with van der Waals surface area (Å²) >= 11 is 0. The summed E-state index contributed by atoms with van der Waals surface area (Å²) in [5, 5.41) is 18.0. The van der Waals surface area contributed by atoms with Crippen LogP contribution in [0.25, 0.3) is 0 Å². The van der Waals surface area contributed by atoms with Gasteiger partial charge < -0.3 is 10.6 Å². The highest BCUT2D eigenvalue weighted by atomic mass is 15.6. The van der Waals surface area contributed by atoms with Crippen LogP contribution in [0.2, 0.25) is 0 Å². The van der Waals surface area contributed by atoms with E-state index < -0.39 is 0 Å². The molecule has 1 saturated heterocycles. The van der Waals surface area contributed by atoms with Crippen molar-refractivity contribution < 1.29 is 0 Å². The van der Waals surface area contributed by atoms with Crippen molar-refractivity contribution in [2.45, 2.75) is 25.3 Å². The van der Waals surface area contributed by atoms with Gasteiger partial charge in [0, 0.05) is 12.6 Å². The van der Waals surface area contributed by atoms with Crippen LogP contribution in [-0.2, 0) is 7.05 Å². The molecule has 0 amide bonds. The van der Waals surface area contributed by atoms with Gasteiger partial charge in [0.15, 0.2) is 0 Å². The Morgan fingerprint density at radius 1 is 1.43 bits per heavy atom. The Hall–Kier alpha value is -1.17. The molecule has 0 aliphatic carbocycles. The lowest BCUT2D eigenvalue weighted by Crippen LogP contribution is -2.45. The maximum Gasteiger partial charge on any atom is 0.243 e. The fraction of sp³-hybridized carbons (Fsp3) is 0.875. The quantitative estimate of drug-likeness (QED) is 0.683. The molecule has 0 unspecified atom stereocenters. The zero-order valence-corrected chi connectivity index (χ0v) is 8.62. The number of rotatable bonds is 2. The van der Waals surface area contributed by atoms with E-state index >= 15 is 0 Å². The van der Waals surface area contributed by atoms with Crippen LogP contribution in [0.15, 0.2) is 0 Å². The fourth-order valence-electron chi connectivity index (χ4n) is 1.71. The third-order valence-electron chi connectivity index (χ3n) is 2.74. The van der Waals surface area contributed by atoms with Crippen LogP contribution >= 0.6 is 0 Å². The average molecular weight is 196 g/mol. The van der Waals surface area contributed by atoms with Crippen molar-refractivity contribution in [3.05, 3.63) is 0 Å². The number of hydrogen-bond acceptors (Lipinski definition) is 5. The average Bonchev–Trinajstić information content (AvgIpc) is 2.52. The summed E-state index contributed by atoms with van der Waals surface area (Å²) in [5.74, 6) is 0.745. The minimum atomic E-state index is 0.119. The van der Waals surface area contributed by atoms with Crippen molar-refractivity contribution in [2.24, 2.45) is 7.05 Å². The first-order valence-corrected chi connectivity index (χ1v) is 4.91. The molecule has 2 rings (SSSR count). The molecule has 2 N–H and O–H groups in total. The molecule has 0 radical (unpaired) electrons. The van der Waals surface area contributed by atoms with Crippen LogP contribution in [0, 0.1) is 0 Å². The van der Waals surface area contributed by atoms with Crippen LogP contribution in [0.1, 0.15) is 19.8 Å². The summed E-state index contributed by atoms with van der Waals surface area (Å²) in [6.07, 6.45) is 2.19. The van der Waals surface area contributed by atoms with Crippen LogP contribution in [0.4, 0.5) is 5.95 Å². The van der Waals surface area contributed by atoms with Gasteiger partial charge in [-0.3, -0.25) is 0 Å². The second-order valence-corrected chi connectivity index (χ2v) is 4.06. The van der Waals surface area contributed by atoms with Gasteiger partial charge in [0.2, 0.25) is 5.95 Å². The van der Waals surface area contributed by atoms with Gasteiger partial charge in [-0.1, -0.05) is 5.10 Å². The Morgan fingerprint density at radius 2 is 2.14 bits per heavy atom. The number of nitrogens with one attached hydrogen (secondary N) is 2. The SMILES string of the molecule is Cn1nnnc1NC1(C)CCNCC1. The Morgan fingerprint density at radius 3 is 2.71 bits per heavy atom. The molecule has 6 heteroatoms. The van der Waals surface area contributed by atoms with Crippen LogP contribution < -0.4 is 10.6 Å². The van der Waals surface area contributed by atoms with Crippen molar-refractivity contribution in [2.75, 3.05) is 18.4 Å². The molecule has 14 heavy (non-hydrogen) atoms. The molecule has 1 aromatic heterocycles. The normalized spacial score (nSPS) is 20.7. The van der Waals surface area contributed by atoms with Gasteiger partial charge in [-0.05, 0) is 43.3 Å². The Labute approximate surface area is 83.1 Å². The van der Waals surface area contributed by atoms with Crippen LogP contribution in [0.3, 0.4) is 0 Å².